The maximum Gasteiger partial charge on any atom is 0.416 e. The molecule has 0 amide bonds. The van der Waals surface area contributed by atoms with Crippen molar-refractivity contribution in [1.82, 2.24) is 9.55 Å². The lowest BCUT2D eigenvalue weighted by Gasteiger charge is -2.42. The Balaban J connectivity index is 1.40. The van der Waals surface area contributed by atoms with Gasteiger partial charge in [-0.3, -0.25) is 0 Å². The number of alkyl halides is 3. The van der Waals surface area contributed by atoms with Crippen molar-refractivity contribution >= 4 is 6.21 Å². The van der Waals surface area contributed by atoms with E-state index in [-0.39, 0.29) is 18.3 Å². The van der Waals surface area contributed by atoms with E-state index in [0.29, 0.717) is 11.3 Å². The average Bonchev–Trinajstić information content (AvgIpc) is 3.38. The average molecular weight is 520 g/mol. The Hall–Kier alpha value is -3.25. The predicted molar refractivity (Wildman–Crippen MR) is 129 cm³/mol. The van der Waals surface area contributed by atoms with Gasteiger partial charge in [0.15, 0.2) is 6.10 Å². The molecule has 2 aromatic carbocycles. The number of methoxy groups -OCH3 is 3. The first-order chi connectivity index (χ1) is 17.7. The molecule has 1 aromatic heterocycles. The normalized spacial score (nSPS) is 24.5. The minimum absolute atomic E-state index is 0.288. The van der Waals surface area contributed by atoms with E-state index in [4.69, 9.17) is 23.8 Å². The Morgan fingerprint density at radius 3 is 2.16 bits per heavy atom. The molecule has 8 nitrogen and oxygen atoms in total. The van der Waals surface area contributed by atoms with Gasteiger partial charge in [0.05, 0.1) is 29.9 Å². The van der Waals surface area contributed by atoms with E-state index in [0.717, 1.165) is 23.4 Å². The standard InChI is InChI=1S/C26H28F3N3O5/c1-16-22(33-2)23(34-3)24(35-4)25(36-16)37-31-13-17-5-11-20(12-6-17)32-14-21(30-15-32)18-7-9-19(10-8-18)26(27,28)29/h5-16,22-25H,1-4H3/b31-13+/t16-,22-,23+,24+,25-/m0/s1. The van der Waals surface area contributed by atoms with E-state index in [2.05, 4.69) is 10.1 Å². The van der Waals surface area contributed by atoms with Crippen LogP contribution < -0.4 is 0 Å². The summed E-state index contributed by atoms with van der Waals surface area (Å²) in [7, 11) is 4.71. The summed E-state index contributed by atoms with van der Waals surface area (Å²) in [4.78, 5) is 9.90. The summed E-state index contributed by atoms with van der Waals surface area (Å²) >= 11 is 0. The summed E-state index contributed by atoms with van der Waals surface area (Å²) in [6, 6.07) is 12.3. The number of benzene rings is 2. The fraction of sp³-hybridized carbons (Fsp3) is 0.385. The van der Waals surface area contributed by atoms with Crippen LogP contribution >= 0.6 is 0 Å². The lowest BCUT2D eigenvalue weighted by Crippen LogP contribution is -2.59. The Morgan fingerprint density at radius 1 is 0.919 bits per heavy atom. The Bertz CT molecular complexity index is 1180. The van der Waals surface area contributed by atoms with Crippen LogP contribution in [0.1, 0.15) is 18.1 Å². The zero-order chi connectivity index (χ0) is 26.6. The molecule has 0 aliphatic carbocycles. The molecule has 1 fully saturated rings. The zero-order valence-electron chi connectivity index (χ0n) is 20.8. The van der Waals surface area contributed by atoms with Gasteiger partial charge in [-0.25, -0.2) is 4.98 Å². The maximum atomic E-state index is 12.8. The molecule has 3 aromatic rings. The monoisotopic (exact) mass is 519 g/mol. The SMILES string of the molecule is CO[C@@H]1[C@@H](OC)[C@H](C)O[C@@H](O/N=C/c2ccc(-n3cnc(-c4ccc(C(F)(F)F)cc4)c3)cc2)[C@@H]1OC. The molecule has 0 radical (unpaired) electrons. The molecular formula is C26H28F3N3O5. The number of hydrogen-bond donors (Lipinski definition) is 0. The van der Waals surface area contributed by atoms with Crippen LogP contribution in [-0.4, -0.2) is 67.8 Å². The van der Waals surface area contributed by atoms with E-state index in [1.54, 1.807) is 44.6 Å². The van der Waals surface area contributed by atoms with Crippen LogP contribution in [-0.2, 0) is 30.0 Å². The maximum absolute atomic E-state index is 12.8. The summed E-state index contributed by atoms with van der Waals surface area (Å²) in [5, 5.41) is 4.06. The molecule has 1 saturated heterocycles. The van der Waals surface area contributed by atoms with Crippen molar-refractivity contribution in [3.63, 3.8) is 0 Å². The van der Waals surface area contributed by atoms with Gasteiger partial charge in [0.25, 0.3) is 6.29 Å². The van der Waals surface area contributed by atoms with Gasteiger partial charge in [-0.05, 0) is 36.8 Å². The number of imidazole rings is 1. The summed E-state index contributed by atoms with van der Waals surface area (Å²) in [6.45, 7) is 1.87. The number of ether oxygens (including phenoxy) is 4. The Morgan fingerprint density at radius 2 is 1.57 bits per heavy atom. The van der Waals surface area contributed by atoms with Crippen LogP contribution in [0.3, 0.4) is 0 Å². The van der Waals surface area contributed by atoms with Gasteiger partial charge < -0.3 is 28.4 Å². The van der Waals surface area contributed by atoms with Crippen LogP contribution in [0.15, 0.2) is 66.2 Å². The lowest BCUT2D eigenvalue weighted by molar-refractivity contribution is -0.305. The largest absolute Gasteiger partial charge is 0.416 e. The lowest BCUT2D eigenvalue weighted by atomic mass is 9.99. The third-order valence-corrected chi connectivity index (χ3v) is 6.19. The van der Waals surface area contributed by atoms with Crippen LogP contribution in [0.2, 0.25) is 0 Å². The topological polar surface area (TPSA) is 76.3 Å². The number of nitrogens with zero attached hydrogens (tertiary/aromatic N) is 3. The summed E-state index contributed by atoms with van der Waals surface area (Å²) < 4.78 is 62.6. The first-order valence-corrected chi connectivity index (χ1v) is 11.5. The summed E-state index contributed by atoms with van der Waals surface area (Å²) in [6.07, 6.45) is -1.77. The second kappa shape index (κ2) is 11.4. The van der Waals surface area contributed by atoms with Crippen molar-refractivity contribution in [3.8, 4) is 16.9 Å². The fourth-order valence-corrected chi connectivity index (χ4v) is 4.23. The van der Waals surface area contributed by atoms with Gasteiger partial charge in [0.1, 0.15) is 12.2 Å². The van der Waals surface area contributed by atoms with Gasteiger partial charge in [0.2, 0.25) is 0 Å². The highest BCUT2D eigenvalue weighted by atomic mass is 19.4. The van der Waals surface area contributed by atoms with E-state index >= 15 is 0 Å². The molecular weight excluding hydrogens is 491 g/mol. The van der Waals surface area contributed by atoms with Crippen molar-refractivity contribution in [2.75, 3.05) is 21.3 Å². The van der Waals surface area contributed by atoms with Crippen molar-refractivity contribution < 1.29 is 37.0 Å². The van der Waals surface area contributed by atoms with Gasteiger partial charge >= 0.3 is 6.18 Å². The number of oxime groups is 1. The van der Waals surface area contributed by atoms with Crippen LogP contribution in [0.25, 0.3) is 16.9 Å². The highest BCUT2D eigenvalue weighted by Crippen LogP contribution is 2.31. The molecule has 2 heterocycles. The van der Waals surface area contributed by atoms with E-state index in [1.807, 2.05) is 31.2 Å². The fourth-order valence-electron chi connectivity index (χ4n) is 4.23. The van der Waals surface area contributed by atoms with E-state index in [9.17, 15) is 13.2 Å². The summed E-state index contributed by atoms with van der Waals surface area (Å²) in [5.74, 6) is 0. The molecule has 1 aliphatic rings. The van der Waals surface area contributed by atoms with E-state index in [1.165, 1.54) is 12.1 Å². The van der Waals surface area contributed by atoms with Crippen LogP contribution in [0.5, 0.6) is 0 Å². The number of aromatic nitrogens is 2. The van der Waals surface area contributed by atoms with Gasteiger partial charge in [-0.15, -0.1) is 0 Å². The number of hydrogen-bond acceptors (Lipinski definition) is 7. The molecule has 198 valence electrons. The minimum Gasteiger partial charge on any atom is -0.376 e. The quantitative estimate of drug-likeness (QED) is 0.317. The second-order valence-electron chi connectivity index (χ2n) is 8.48. The van der Waals surface area contributed by atoms with Gasteiger partial charge in [0, 0.05) is 38.8 Å². The molecule has 0 saturated carbocycles. The minimum atomic E-state index is -4.37. The smallest absolute Gasteiger partial charge is 0.376 e. The predicted octanol–water partition coefficient (Wildman–Crippen LogP) is 4.70. The molecule has 11 heteroatoms. The Labute approximate surface area is 212 Å². The molecule has 0 spiro atoms. The molecule has 0 unspecified atom stereocenters. The van der Waals surface area contributed by atoms with Crippen molar-refractivity contribution in [1.29, 1.82) is 0 Å². The number of halogens is 3. The van der Waals surface area contributed by atoms with Crippen LogP contribution in [0, 0.1) is 0 Å². The van der Waals surface area contributed by atoms with Crippen molar-refractivity contribution in [3.05, 3.63) is 72.2 Å². The zero-order valence-corrected chi connectivity index (χ0v) is 20.8. The molecule has 0 N–H and O–H groups in total. The van der Waals surface area contributed by atoms with Gasteiger partial charge in [-0.1, -0.05) is 29.4 Å². The third kappa shape index (κ3) is 6.02. The number of rotatable bonds is 8. The molecule has 1 aliphatic heterocycles. The van der Waals surface area contributed by atoms with Crippen molar-refractivity contribution in [2.24, 2.45) is 5.16 Å². The van der Waals surface area contributed by atoms with E-state index < -0.39 is 24.1 Å². The Kier molecular flexibility index (Phi) is 8.28. The third-order valence-electron chi connectivity index (χ3n) is 6.19. The summed E-state index contributed by atoms with van der Waals surface area (Å²) in [5.41, 5.74) is 2.06. The first-order valence-electron chi connectivity index (χ1n) is 11.5. The first kappa shape index (κ1) is 26.8. The molecule has 4 rings (SSSR count). The second-order valence-corrected chi connectivity index (χ2v) is 8.48. The van der Waals surface area contributed by atoms with Crippen molar-refractivity contribution in [2.45, 2.75) is 43.8 Å². The molecule has 37 heavy (non-hydrogen) atoms. The van der Waals surface area contributed by atoms with Gasteiger partial charge in [-0.2, -0.15) is 13.2 Å². The highest BCUT2D eigenvalue weighted by Gasteiger charge is 2.46. The highest BCUT2D eigenvalue weighted by molar-refractivity contribution is 5.79. The molecule has 0 bridgehead atoms. The van der Waals surface area contributed by atoms with Crippen LogP contribution in [0.4, 0.5) is 13.2 Å². The molecule has 5 atom stereocenters.